The minimum atomic E-state index is -0.722. The Balaban J connectivity index is 1.94. The van der Waals surface area contributed by atoms with E-state index in [-0.39, 0.29) is 12.0 Å². The number of aliphatic carboxylic acids is 1. The molecule has 0 radical (unpaired) electrons. The number of carbonyl (C=O) groups is 1. The highest BCUT2D eigenvalue weighted by Gasteiger charge is 2.33. The molecule has 5 heteroatoms. The highest BCUT2D eigenvalue weighted by molar-refractivity contribution is 5.70. The minimum Gasteiger partial charge on any atom is -0.481 e. The van der Waals surface area contributed by atoms with Gasteiger partial charge < -0.3 is 9.52 Å². The average molecular weight is 300 g/mol. The Hall–Kier alpha value is -2.14. The van der Waals surface area contributed by atoms with Gasteiger partial charge in [-0.05, 0) is 50.6 Å². The Bertz CT molecular complexity index is 639. The van der Waals surface area contributed by atoms with Crippen LogP contribution < -0.4 is 0 Å². The molecular weight excluding hydrogens is 280 g/mol. The molecule has 0 saturated carbocycles. The summed E-state index contributed by atoms with van der Waals surface area (Å²) in [6.07, 6.45) is 3.26. The molecule has 22 heavy (non-hydrogen) atoms. The van der Waals surface area contributed by atoms with Crippen LogP contribution in [0.4, 0.5) is 0 Å². The highest BCUT2D eigenvalue weighted by Crippen LogP contribution is 2.32. The normalized spacial score (nSPS) is 20.7. The Morgan fingerprint density at radius 1 is 1.41 bits per heavy atom. The molecule has 1 aliphatic rings. The van der Waals surface area contributed by atoms with Crippen LogP contribution in [0.3, 0.4) is 0 Å². The van der Waals surface area contributed by atoms with E-state index < -0.39 is 5.97 Å². The Labute approximate surface area is 129 Å². The monoisotopic (exact) mass is 300 g/mol. The number of likely N-dealkylation sites (tertiary alicyclic amines) is 1. The fourth-order valence-electron chi connectivity index (χ4n) is 3.12. The number of carboxylic acids is 1. The van der Waals surface area contributed by atoms with Crippen molar-refractivity contribution in [3.63, 3.8) is 0 Å². The highest BCUT2D eigenvalue weighted by atomic mass is 16.4. The SMILES string of the molecule is Cc1cccc(C(c2ccco2)N2CCCC(C(=O)O)C2)n1. The zero-order valence-corrected chi connectivity index (χ0v) is 12.6. The topological polar surface area (TPSA) is 66.6 Å². The molecule has 0 aromatic carbocycles. The summed E-state index contributed by atoms with van der Waals surface area (Å²) in [5, 5.41) is 9.32. The summed E-state index contributed by atoms with van der Waals surface area (Å²) in [4.78, 5) is 18.1. The second-order valence-electron chi connectivity index (χ2n) is 5.79. The summed E-state index contributed by atoms with van der Waals surface area (Å²) >= 11 is 0. The van der Waals surface area contributed by atoms with Crippen molar-refractivity contribution < 1.29 is 14.3 Å². The average Bonchev–Trinajstić information content (AvgIpc) is 3.02. The third-order valence-corrected chi connectivity index (χ3v) is 4.17. The van der Waals surface area contributed by atoms with Gasteiger partial charge in [0.2, 0.25) is 0 Å². The first-order valence-corrected chi connectivity index (χ1v) is 7.59. The van der Waals surface area contributed by atoms with Gasteiger partial charge >= 0.3 is 5.97 Å². The minimum absolute atomic E-state index is 0.128. The Kier molecular flexibility index (Phi) is 4.24. The second kappa shape index (κ2) is 6.32. The lowest BCUT2D eigenvalue weighted by atomic mass is 9.95. The van der Waals surface area contributed by atoms with Crippen molar-refractivity contribution in [2.45, 2.75) is 25.8 Å². The van der Waals surface area contributed by atoms with Gasteiger partial charge in [-0.15, -0.1) is 0 Å². The number of furan rings is 1. The number of carboxylic acid groups (broad SMARTS) is 1. The zero-order valence-electron chi connectivity index (χ0n) is 12.6. The van der Waals surface area contributed by atoms with Crippen LogP contribution in [0.25, 0.3) is 0 Å². The van der Waals surface area contributed by atoms with Crippen molar-refractivity contribution in [2.75, 3.05) is 13.1 Å². The van der Waals surface area contributed by atoms with E-state index in [1.165, 1.54) is 0 Å². The van der Waals surface area contributed by atoms with Crippen molar-refractivity contribution in [1.82, 2.24) is 9.88 Å². The van der Waals surface area contributed by atoms with Crippen LogP contribution in [-0.4, -0.2) is 34.0 Å². The zero-order chi connectivity index (χ0) is 15.5. The molecule has 2 aromatic rings. The lowest BCUT2D eigenvalue weighted by molar-refractivity contribution is -0.143. The molecule has 1 saturated heterocycles. The molecular formula is C17H20N2O3. The fourth-order valence-corrected chi connectivity index (χ4v) is 3.12. The number of hydrogen-bond acceptors (Lipinski definition) is 4. The molecule has 2 unspecified atom stereocenters. The predicted molar refractivity (Wildman–Crippen MR) is 81.5 cm³/mol. The lowest BCUT2D eigenvalue weighted by Gasteiger charge is -2.35. The molecule has 0 aliphatic carbocycles. The Morgan fingerprint density at radius 3 is 2.95 bits per heavy atom. The number of pyridine rings is 1. The largest absolute Gasteiger partial charge is 0.481 e. The second-order valence-corrected chi connectivity index (χ2v) is 5.79. The van der Waals surface area contributed by atoms with Gasteiger partial charge in [0.1, 0.15) is 11.8 Å². The molecule has 2 aromatic heterocycles. The van der Waals surface area contributed by atoms with E-state index in [4.69, 9.17) is 4.42 Å². The fraction of sp³-hybridized carbons (Fsp3) is 0.412. The van der Waals surface area contributed by atoms with Crippen molar-refractivity contribution >= 4 is 5.97 Å². The number of aromatic nitrogens is 1. The first kappa shape index (κ1) is 14.8. The van der Waals surface area contributed by atoms with Gasteiger partial charge in [-0.3, -0.25) is 14.7 Å². The van der Waals surface area contributed by atoms with Crippen molar-refractivity contribution in [2.24, 2.45) is 5.92 Å². The molecule has 0 amide bonds. The van der Waals surface area contributed by atoms with Gasteiger partial charge in [0.05, 0.1) is 17.9 Å². The van der Waals surface area contributed by atoms with Crippen LogP contribution >= 0.6 is 0 Å². The Morgan fingerprint density at radius 2 is 2.27 bits per heavy atom. The number of piperidine rings is 1. The van der Waals surface area contributed by atoms with Gasteiger partial charge in [0.25, 0.3) is 0 Å². The van der Waals surface area contributed by atoms with Crippen molar-refractivity contribution in [1.29, 1.82) is 0 Å². The smallest absolute Gasteiger partial charge is 0.307 e. The number of rotatable bonds is 4. The van der Waals surface area contributed by atoms with Gasteiger partial charge in [-0.2, -0.15) is 0 Å². The molecule has 116 valence electrons. The first-order valence-electron chi connectivity index (χ1n) is 7.59. The van der Waals surface area contributed by atoms with Crippen LogP contribution in [0.1, 0.15) is 36.0 Å². The summed E-state index contributed by atoms with van der Waals surface area (Å²) in [6, 6.07) is 9.57. The van der Waals surface area contributed by atoms with E-state index in [1.54, 1.807) is 6.26 Å². The molecule has 2 atom stereocenters. The van der Waals surface area contributed by atoms with E-state index in [9.17, 15) is 9.90 Å². The molecule has 1 fully saturated rings. The van der Waals surface area contributed by atoms with Gasteiger partial charge in [0.15, 0.2) is 0 Å². The van der Waals surface area contributed by atoms with E-state index in [0.717, 1.165) is 36.5 Å². The molecule has 3 heterocycles. The van der Waals surface area contributed by atoms with E-state index in [2.05, 4.69) is 9.88 Å². The third kappa shape index (κ3) is 3.04. The van der Waals surface area contributed by atoms with Gasteiger partial charge in [-0.25, -0.2) is 0 Å². The van der Waals surface area contributed by atoms with Crippen LogP contribution in [0.15, 0.2) is 41.0 Å². The van der Waals surface area contributed by atoms with Gasteiger partial charge in [-0.1, -0.05) is 6.07 Å². The molecule has 0 spiro atoms. The summed E-state index contributed by atoms with van der Waals surface area (Å²) in [5.74, 6) is -0.236. The maximum absolute atomic E-state index is 11.3. The van der Waals surface area contributed by atoms with Crippen LogP contribution in [0, 0.1) is 12.8 Å². The molecule has 0 bridgehead atoms. The van der Waals surface area contributed by atoms with E-state index in [1.807, 2.05) is 37.3 Å². The lowest BCUT2D eigenvalue weighted by Crippen LogP contribution is -2.41. The summed E-state index contributed by atoms with van der Waals surface area (Å²) < 4.78 is 5.61. The number of aryl methyl sites for hydroxylation is 1. The number of hydrogen-bond donors (Lipinski definition) is 1. The molecule has 3 rings (SSSR count). The van der Waals surface area contributed by atoms with Crippen molar-refractivity contribution in [3.8, 4) is 0 Å². The maximum Gasteiger partial charge on any atom is 0.307 e. The first-order chi connectivity index (χ1) is 10.6. The van der Waals surface area contributed by atoms with Crippen LogP contribution in [-0.2, 0) is 4.79 Å². The predicted octanol–water partition coefficient (Wildman–Crippen LogP) is 2.87. The van der Waals surface area contributed by atoms with Crippen LogP contribution in [0.2, 0.25) is 0 Å². The van der Waals surface area contributed by atoms with Crippen LogP contribution in [0.5, 0.6) is 0 Å². The molecule has 1 aliphatic heterocycles. The third-order valence-electron chi connectivity index (χ3n) is 4.17. The molecule has 5 nitrogen and oxygen atoms in total. The maximum atomic E-state index is 11.3. The van der Waals surface area contributed by atoms with Gasteiger partial charge in [0, 0.05) is 12.2 Å². The molecule has 1 N–H and O–H groups in total. The number of nitrogens with zero attached hydrogens (tertiary/aromatic N) is 2. The summed E-state index contributed by atoms with van der Waals surface area (Å²) in [7, 11) is 0. The quantitative estimate of drug-likeness (QED) is 0.940. The van der Waals surface area contributed by atoms with E-state index >= 15 is 0 Å². The summed E-state index contributed by atoms with van der Waals surface area (Å²) in [5.41, 5.74) is 1.85. The van der Waals surface area contributed by atoms with Crippen molar-refractivity contribution in [3.05, 3.63) is 53.7 Å². The summed E-state index contributed by atoms with van der Waals surface area (Å²) in [6.45, 7) is 3.33. The standard InChI is InChI=1S/C17H20N2O3/c1-12-5-2-7-14(18-12)16(15-8-4-10-22-15)19-9-3-6-13(11-19)17(20)21/h2,4-5,7-8,10,13,16H,3,6,9,11H2,1H3,(H,20,21). The van der Waals surface area contributed by atoms with E-state index in [0.29, 0.717) is 6.54 Å².